The van der Waals surface area contributed by atoms with Crippen LogP contribution in [0.3, 0.4) is 0 Å². The van der Waals surface area contributed by atoms with Gasteiger partial charge in [-0.05, 0) is 43.6 Å². The lowest BCUT2D eigenvalue weighted by Gasteiger charge is -2.43. The van der Waals surface area contributed by atoms with E-state index in [-0.39, 0.29) is 11.2 Å². The smallest absolute Gasteiger partial charge is 0.123 e. The fourth-order valence-corrected chi connectivity index (χ4v) is 3.89. The first kappa shape index (κ1) is 15.9. The summed E-state index contributed by atoms with van der Waals surface area (Å²) in [4.78, 5) is 5.04. The predicted molar refractivity (Wildman–Crippen MR) is 86.3 cm³/mol. The van der Waals surface area contributed by atoms with E-state index in [1.54, 1.807) is 12.1 Å². The van der Waals surface area contributed by atoms with Gasteiger partial charge in [-0.1, -0.05) is 19.1 Å². The number of piperidine rings is 1. The van der Waals surface area contributed by atoms with Gasteiger partial charge in [0.05, 0.1) is 13.2 Å². The molecule has 0 aliphatic carbocycles. The van der Waals surface area contributed by atoms with Crippen molar-refractivity contribution in [3.05, 3.63) is 35.6 Å². The molecule has 0 saturated carbocycles. The number of hydrogen-bond acceptors (Lipinski definition) is 3. The van der Waals surface area contributed by atoms with Crippen LogP contribution in [0.4, 0.5) is 4.39 Å². The first-order chi connectivity index (χ1) is 10.7. The number of rotatable bonds is 3. The number of benzene rings is 1. The lowest BCUT2D eigenvalue weighted by atomic mass is 9.80. The minimum Gasteiger partial charge on any atom is -0.379 e. The second-order valence-corrected chi connectivity index (χ2v) is 6.86. The molecule has 2 saturated heterocycles. The second kappa shape index (κ2) is 7.07. The van der Waals surface area contributed by atoms with Crippen molar-refractivity contribution in [1.82, 2.24) is 9.80 Å². The highest BCUT2D eigenvalue weighted by Gasteiger charge is 2.38. The Bertz CT molecular complexity index is 478. The highest BCUT2D eigenvalue weighted by Crippen LogP contribution is 2.33. The average Bonchev–Trinajstić information content (AvgIpc) is 2.72. The summed E-state index contributed by atoms with van der Waals surface area (Å²) in [5.74, 6) is -0.158. The molecule has 1 aromatic carbocycles. The number of likely N-dealkylation sites (N-methyl/N-ethyl adjacent to an activating group) is 1. The topological polar surface area (TPSA) is 15.7 Å². The van der Waals surface area contributed by atoms with E-state index in [9.17, 15) is 4.39 Å². The van der Waals surface area contributed by atoms with E-state index in [0.29, 0.717) is 0 Å². The van der Waals surface area contributed by atoms with Crippen molar-refractivity contribution >= 4 is 0 Å². The summed E-state index contributed by atoms with van der Waals surface area (Å²) in [6.45, 7) is 10.4. The molecule has 0 aromatic heterocycles. The maximum atomic E-state index is 13.0. The highest BCUT2D eigenvalue weighted by atomic mass is 19.1. The normalized spacial score (nSPS) is 27.9. The maximum Gasteiger partial charge on any atom is 0.123 e. The minimum absolute atomic E-state index is 0.158. The fraction of sp³-hybridized carbons (Fsp3) is 0.667. The average molecular weight is 306 g/mol. The van der Waals surface area contributed by atoms with Crippen molar-refractivity contribution in [2.75, 3.05) is 45.9 Å². The Morgan fingerprint density at radius 1 is 1.14 bits per heavy atom. The molecule has 1 atom stereocenters. The van der Waals surface area contributed by atoms with E-state index in [0.717, 1.165) is 52.5 Å². The Morgan fingerprint density at radius 2 is 1.91 bits per heavy atom. The number of hydrogen-bond donors (Lipinski definition) is 0. The third-order valence-corrected chi connectivity index (χ3v) is 5.03. The van der Waals surface area contributed by atoms with Gasteiger partial charge in [0.15, 0.2) is 0 Å². The van der Waals surface area contributed by atoms with E-state index in [1.807, 2.05) is 12.1 Å². The van der Waals surface area contributed by atoms with Crippen molar-refractivity contribution in [2.45, 2.75) is 26.3 Å². The van der Waals surface area contributed by atoms with Crippen molar-refractivity contribution < 1.29 is 9.13 Å². The molecule has 0 bridgehead atoms. The van der Waals surface area contributed by atoms with Gasteiger partial charge < -0.3 is 9.64 Å². The van der Waals surface area contributed by atoms with Crippen molar-refractivity contribution in [2.24, 2.45) is 5.41 Å². The van der Waals surface area contributed by atoms with Gasteiger partial charge in [-0.3, -0.25) is 4.90 Å². The Hall–Kier alpha value is -0.970. The molecule has 3 nitrogen and oxygen atoms in total. The van der Waals surface area contributed by atoms with Gasteiger partial charge in [-0.15, -0.1) is 0 Å². The third kappa shape index (κ3) is 3.86. The molecule has 1 aromatic rings. The summed E-state index contributed by atoms with van der Waals surface area (Å²) in [6, 6.07) is 6.92. The van der Waals surface area contributed by atoms with E-state index in [4.69, 9.17) is 4.74 Å². The standard InChI is InChI=1S/C18H27FN2O/c1-2-20-10-11-22-15-18(13-20)8-3-9-21(14-18)12-16-4-6-17(19)7-5-16/h4-7H,2-3,8-15H2,1H3/t18-/m1/s1. The molecule has 1 spiro atoms. The summed E-state index contributed by atoms with van der Waals surface area (Å²) >= 11 is 0. The summed E-state index contributed by atoms with van der Waals surface area (Å²) in [6.07, 6.45) is 2.48. The lowest BCUT2D eigenvalue weighted by molar-refractivity contribution is 0.00333. The van der Waals surface area contributed by atoms with Crippen LogP contribution in [0.25, 0.3) is 0 Å². The van der Waals surface area contributed by atoms with Crippen LogP contribution in [-0.2, 0) is 11.3 Å². The van der Waals surface area contributed by atoms with Crippen LogP contribution in [0.5, 0.6) is 0 Å². The Labute approximate surface area is 133 Å². The molecule has 2 fully saturated rings. The zero-order chi connectivity index (χ0) is 15.4. The molecule has 122 valence electrons. The van der Waals surface area contributed by atoms with Gasteiger partial charge in [0.25, 0.3) is 0 Å². The summed E-state index contributed by atoms with van der Waals surface area (Å²) in [7, 11) is 0. The van der Waals surface area contributed by atoms with Gasteiger partial charge in [0.1, 0.15) is 5.82 Å². The van der Waals surface area contributed by atoms with E-state index in [1.165, 1.54) is 18.4 Å². The second-order valence-electron chi connectivity index (χ2n) is 6.86. The Kier molecular flexibility index (Phi) is 5.11. The van der Waals surface area contributed by atoms with Crippen LogP contribution < -0.4 is 0 Å². The van der Waals surface area contributed by atoms with Crippen LogP contribution >= 0.6 is 0 Å². The van der Waals surface area contributed by atoms with Crippen LogP contribution in [-0.4, -0.2) is 55.7 Å². The molecular formula is C18H27FN2O. The van der Waals surface area contributed by atoms with Crippen LogP contribution in [0.15, 0.2) is 24.3 Å². The van der Waals surface area contributed by atoms with Gasteiger partial charge >= 0.3 is 0 Å². The van der Waals surface area contributed by atoms with Crippen LogP contribution in [0.1, 0.15) is 25.3 Å². The van der Waals surface area contributed by atoms with Crippen LogP contribution in [0.2, 0.25) is 0 Å². The number of ether oxygens (including phenoxy) is 1. The number of halogens is 1. The van der Waals surface area contributed by atoms with Gasteiger partial charge in [-0.25, -0.2) is 4.39 Å². The molecule has 4 heteroatoms. The van der Waals surface area contributed by atoms with Gasteiger partial charge in [0, 0.05) is 31.6 Å². The fourth-order valence-electron chi connectivity index (χ4n) is 3.89. The number of likely N-dealkylation sites (tertiary alicyclic amines) is 1. The molecule has 2 heterocycles. The summed E-state index contributed by atoms with van der Waals surface area (Å²) < 4.78 is 19.0. The number of nitrogens with zero attached hydrogens (tertiary/aromatic N) is 2. The van der Waals surface area contributed by atoms with Crippen molar-refractivity contribution in [3.8, 4) is 0 Å². The highest BCUT2D eigenvalue weighted by molar-refractivity contribution is 5.16. The van der Waals surface area contributed by atoms with Crippen molar-refractivity contribution in [1.29, 1.82) is 0 Å². The lowest BCUT2D eigenvalue weighted by Crippen LogP contribution is -2.50. The molecule has 0 unspecified atom stereocenters. The molecule has 0 radical (unpaired) electrons. The van der Waals surface area contributed by atoms with Crippen LogP contribution in [0, 0.1) is 11.2 Å². The van der Waals surface area contributed by atoms with E-state index < -0.39 is 0 Å². The molecule has 2 aliphatic heterocycles. The molecule has 0 N–H and O–H groups in total. The Balaban J connectivity index is 1.66. The third-order valence-electron chi connectivity index (χ3n) is 5.03. The summed E-state index contributed by atoms with van der Waals surface area (Å²) in [5, 5.41) is 0. The maximum absolute atomic E-state index is 13.0. The first-order valence-electron chi connectivity index (χ1n) is 8.46. The largest absolute Gasteiger partial charge is 0.379 e. The zero-order valence-corrected chi connectivity index (χ0v) is 13.6. The van der Waals surface area contributed by atoms with Gasteiger partial charge in [-0.2, -0.15) is 0 Å². The van der Waals surface area contributed by atoms with Crippen molar-refractivity contribution in [3.63, 3.8) is 0 Å². The SMILES string of the molecule is CCN1CCOC[C@]2(CCCN(Cc3ccc(F)cc3)C2)C1. The molecule has 22 heavy (non-hydrogen) atoms. The summed E-state index contributed by atoms with van der Waals surface area (Å²) in [5.41, 5.74) is 1.46. The molecular weight excluding hydrogens is 279 g/mol. The zero-order valence-electron chi connectivity index (χ0n) is 13.6. The minimum atomic E-state index is -0.158. The van der Waals surface area contributed by atoms with E-state index in [2.05, 4.69) is 16.7 Å². The van der Waals surface area contributed by atoms with E-state index >= 15 is 0 Å². The monoisotopic (exact) mass is 306 g/mol. The molecule has 0 amide bonds. The molecule has 2 aliphatic rings. The predicted octanol–water partition coefficient (Wildman–Crippen LogP) is 2.76. The molecule has 3 rings (SSSR count). The quantitative estimate of drug-likeness (QED) is 0.854. The Morgan fingerprint density at radius 3 is 2.68 bits per heavy atom. The van der Waals surface area contributed by atoms with Gasteiger partial charge in [0.2, 0.25) is 0 Å². The first-order valence-corrected chi connectivity index (χ1v) is 8.46.